The third-order valence-corrected chi connectivity index (χ3v) is 5.25. The maximum absolute atomic E-state index is 12.5. The van der Waals surface area contributed by atoms with Crippen molar-refractivity contribution < 1.29 is 14.3 Å². The Labute approximate surface area is 183 Å². The van der Waals surface area contributed by atoms with Gasteiger partial charge in [0.1, 0.15) is 0 Å². The molecule has 0 aliphatic rings. The van der Waals surface area contributed by atoms with Crippen molar-refractivity contribution in [2.24, 2.45) is 0 Å². The van der Waals surface area contributed by atoms with Crippen molar-refractivity contribution in [3.8, 4) is 5.69 Å². The molecule has 0 fully saturated rings. The number of benzene rings is 2. The smallest absolute Gasteiger partial charge is 0.358 e. The number of hydrogen-bond acceptors (Lipinski definition) is 4. The number of hydrogen-bond donors (Lipinski definition) is 1. The molecular formula is C25H29N3O3. The van der Waals surface area contributed by atoms with Crippen molar-refractivity contribution in [1.82, 2.24) is 15.1 Å². The Balaban J connectivity index is 1.78. The summed E-state index contributed by atoms with van der Waals surface area (Å²) >= 11 is 0. The molecule has 0 bridgehead atoms. The lowest BCUT2D eigenvalue weighted by molar-refractivity contribution is 0.0518. The predicted octanol–water partition coefficient (Wildman–Crippen LogP) is 4.80. The van der Waals surface area contributed by atoms with Crippen LogP contribution in [0.15, 0.2) is 54.6 Å². The molecule has 0 saturated heterocycles. The predicted molar refractivity (Wildman–Crippen MR) is 121 cm³/mol. The summed E-state index contributed by atoms with van der Waals surface area (Å²) in [5.74, 6) is -0.353. The minimum Gasteiger partial charge on any atom is -0.461 e. The molecule has 1 atom stereocenters. The van der Waals surface area contributed by atoms with E-state index in [4.69, 9.17) is 4.74 Å². The maximum Gasteiger partial charge on any atom is 0.358 e. The highest BCUT2D eigenvalue weighted by molar-refractivity contribution is 5.94. The topological polar surface area (TPSA) is 73.2 Å². The molecule has 0 radical (unpaired) electrons. The molecule has 0 aliphatic heterocycles. The van der Waals surface area contributed by atoms with Gasteiger partial charge in [0, 0.05) is 17.8 Å². The molecule has 0 aliphatic carbocycles. The van der Waals surface area contributed by atoms with Crippen LogP contribution in [-0.2, 0) is 11.3 Å². The Kier molecular flexibility index (Phi) is 7.23. The van der Waals surface area contributed by atoms with E-state index in [1.165, 1.54) is 0 Å². The zero-order valence-corrected chi connectivity index (χ0v) is 18.5. The van der Waals surface area contributed by atoms with Gasteiger partial charge in [-0.3, -0.25) is 4.79 Å². The van der Waals surface area contributed by atoms with Crippen LogP contribution in [0.3, 0.4) is 0 Å². The molecule has 0 saturated carbocycles. The normalized spacial score (nSPS) is 11.7. The van der Waals surface area contributed by atoms with Crippen LogP contribution in [0.5, 0.6) is 0 Å². The van der Waals surface area contributed by atoms with E-state index in [1.807, 2.05) is 37.3 Å². The second-order valence-electron chi connectivity index (χ2n) is 7.61. The summed E-state index contributed by atoms with van der Waals surface area (Å²) in [5, 5.41) is 7.42. The van der Waals surface area contributed by atoms with E-state index < -0.39 is 5.97 Å². The van der Waals surface area contributed by atoms with Gasteiger partial charge in [0.2, 0.25) is 0 Å². The molecule has 2 aromatic carbocycles. The number of amides is 1. The minimum absolute atomic E-state index is 0.136. The third kappa shape index (κ3) is 5.40. The number of rotatable bonds is 8. The van der Waals surface area contributed by atoms with Crippen LogP contribution in [0, 0.1) is 6.92 Å². The number of aryl methyl sites for hydroxylation is 1. The summed E-state index contributed by atoms with van der Waals surface area (Å²) in [7, 11) is 0. The maximum atomic E-state index is 12.5. The van der Waals surface area contributed by atoms with Crippen molar-refractivity contribution in [1.29, 1.82) is 0 Å². The third-order valence-electron chi connectivity index (χ3n) is 5.25. The highest BCUT2D eigenvalue weighted by Gasteiger charge is 2.19. The van der Waals surface area contributed by atoms with Gasteiger partial charge < -0.3 is 10.1 Å². The van der Waals surface area contributed by atoms with Gasteiger partial charge in [-0.1, -0.05) is 43.7 Å². The Morgan fingerprint density at radius 1 is 1.10 bits per heavy atom. The highest BCUT2D eigenvalue weighted by Crippen LogP contribution is 2.24. The molecule has 162 valence electrons. The van der Waals surface area contributed by atoms with E-state index in [0.29, 0.717) is 18.7 Å². The fourth-order valence-corrected chi connectivity index (χ4v) is 3.33. The van der Waals surface area contributed by atoms with Gasteiger partial charge in [-0.2, -0.15) is 5.10 Å². The molecule has 3 rings (SSSR count). The molecule has 1 aromatic heterocycles. The highest BCUT2D eigenvalue weighted by atomic mass is 16.5. The van der Waals surface area contributed by atoms with Gasteiger partial charge in [0.15, 0.2) is 5.69 Å². The van der Waals surface area contributed by atoms with Crippen LogP contribution >= 0.6 is 0 Å². The Bertz CT molecular complexity index is 1050. The van der Waals surface area contributed by atoms with Crippen LogP contribution in [0.2, 0.25) is 0 Å². The average Bonchev–Trinajstić information content (AvgIpc) is 3.23. The summed E-state index contributed by atoms with van der Waals surface area (Å²) in [6.07, 6.45) is 0.910. The molecule has 1 amide bonds. The standard InChI is InChI=1S/C25H29N3O3/c1-5-18(4)23-15-22(25(30)31-6-2)27-28(23)21-12-10-20(11-13-21)24(29)26-16-19-9-7-8-17(3)14-19/h7-15,18H,5-6,16H2,1-4H3,(H,26,29)/t18-/m0/s1. The van der Waals surface area contributed by atoms with Crippen LogP contribution in [0.25, 0.3) is 5.69 Å². The fourth-order valence-electron chi connectivity index (χ4n) is 3.33. The average molecular weight is 420 g/mol. The first-order chi connectivity index (χ1) is 14.9. The van der Waals surface area contributed by atoms with Crippen molar-refractivity contribution in [3.05, 3.63) is 82.7 Å². The summed E-state index contributed by atoms with van der Waals surface area (Å²) in [5.41, 5.74) is 4.81. The molecule has 3 aromatic rings. The summed E-state index contributed by atoms with van der Waals surface area (Å²) in [4.78, 5) is 24.7. The Morgan fingerprint density at radius 3 is 2.48 bits per heavy atom. The van der Waals surface area contributed by atoms with E-state index in [0.717, 1.165) is 28.9 Å². The zero-order chi connectivity index (χ0) is 22.4. The van der Waals surface area contributed by atoms with Gasteiger partial charge >= 0.3 is 5.97 Å². The van der Waals surface area contributed by atoms with Crippen molar-refractivity contribution in [2.45, 2.75) is 46.6 Å². The van der Waals surface area contributed by atoms with E-state index in [-0.39, 0.29) is 17.5 Å². The lowest BCUT2D eigenvalue weighted by Crippen LogP contribution is -2.22. The first kappa shape index (κ1) is 22.3. The number of carbonyl (C=O) groups is 2. The number of carbonyl (C=O) groups excluding carboxylic acids is 2. The van der Waals surface area contributed by atoms with Gasteiger partial charge in [-0.25, -0.2) is 9.48 Å². The zero-order valence-electron chi connectivity index (χ0n) is 18.5. The molecule has 1 N–H and O–H groups in total. The Morgan fingerprint density at radius 2 is 1.84 bits per heavy atom. The second kappa shape index (κ2) is 10.1. The van der Waals surface area contributed by atoms with Crippen molar-refractivity contribution >= 4 is 11.9 Å². The van der Waals surface area contributed by atoms with E-state index in [1.54, 1.807) is 29.8 Å². The lowest BCUT2D eigenvalue weighted by Gasteiger charge is -2.13. The van der Waals surface area contributed by atoms with E-state index in [2.05, 4.69) is 30.3 Å². The number of esters is 1. The van der Waals surface area contributed by atoms with Crippen LogP contribution in [-0.4, -0.2) is 28.3 Å². The summed E-state index contributed by atoms with van der Waals surface area (Å²) < 4.78 is 6.86. The summed E-state index contributed by atoms with van der Waals surface area (Å²) in [6, 6.07) is 17.1. The van der Waals surface area contributed by atoms with Crippen LogP contribution in [0.1, 0.15) is 70.8 Å². The van der Waals surface area contributed by atoms with Crippen molar-refractivity contribution in [2.75, 3.05) is 6.61 Å². The van der Waals surface area contributed by atoms with Gasteiger partial charge in [-0.05, 0) is 62.1 Å². The number of nitrogens with one attached hydrogen (secondary N) is 1. The number of ether oxygens (including phenoxy) is 1. The first-order valence-corrected chi connectivity index (χ1v) is 10.6. The lowest BCUT2D eigenvalue weighted by atomic mass is 10.0. The largest absolute Gasteiger partial charge is 0.461 e. The van der Waals surface area contributed by atoms with Crippen molar-refractivity contribution in [3.63, 3.8) is 0 Å². The second-order valence-corrected chi connectivity index (χ2v) is 7.61. The molecular weight excluding hydrogens is 390 g/mol. The quantitative estimate of drug-likeness (QED) is 0.532. The van der Waals surface area contributed by atoms with Gasteiger partial charge in [0.25, 0.3) is 5.91 Å². The van der Waals surface area contributed by atoms with Crippen LogP contribution < -0.4 is 5.32 Å². The number of aromatic nitrogens is 2. The number of nitrogens with zero attached hydrogens (tertiary/aromatic N) is 2. The first-order valence-electron chi connectivity index (χ1n) is 10.6. The molecule has 6 nitrogen and oxygen atoms in total. The molecule has 0 unspecified atom stereocenters. The molecule has 1 heterocycles. The molecule has 31 heavy (non-hydrogen) atoms. The van der Waals surface area contributed by atoms with Gasteiger partial charge in [-0.15, -0.1) is 0 Å². The SMILES string of the molecule is CCOC(=O)c1cc([C@@H](C)CC)n(-c2ccc(C(=O)NCc3cccc(C)c3)cc2)n1. The molecule has 0 spiro atoms. The minimum atomic E-state index is -0.432. The molecule has 6 heteroatoms. The van der Waals surface area contributed by atoms with Gasteiger partial charge in [0.05, 0.1) is 12.3 Å². The van der Waals surface area contributed by atoms with E-state index in [9.17, 15) is 9.59 Å². The fraction of sp³-hybridized carbons (Fsp3) is 0.320. The Hall–Kier alpha value is -3.41. The monoisotopic (exact) mass is 419 g/mol. The summed E-state index contributed by atoms with van der Waals surface area (Å²) in [6.45, 7) is 8.76. The van der Waals surface area contributed by atoms with Crippen LogP contribution in [0.4, 0.5) is 0 Å². The van der Waals surface area contributed by atoms with E-state index >= 15 is 0 Å².